The minimum absolute atomic E-state index is 1.18. The SMILES string of the molecule is CN(C)c1c2ccc[c]c2cc2ccccc12. The molecule has 83 valence electrons. The standard InChI is InChI=1S/C16H14N/c1-17(2)16-14-9-5-3-7-12(14)11-13-8-4-6-10-15(13)16/h3-7,9-11H,1-2H3. The second kappa shape index (κ2) is 3.77. The molecule has 0 fully saturated rings. The van der Waals surface area contributed by atoms with Crippen molar-refractivity contribution in [1.29, 1.82) is 0 Å². The summed E-state index contributed by atoms with van der Waals surface area (Å²) in [5.41, 5.74) is 1.27. The molecule has 0 N–H and O–H groups in total. The van der Waals surface area contributed by atoms with Crippen molar-refractivity contribution < 1.29 is 0 Å². The summed E-state index contributed by atoms with van der Waals surface area (Å²) in [5.74, 6) is 0. The van der Waals surface area contributed by atoms with Crippen molar-refractivity contribution in [2.45, 2.75) is 0 Å². The van der Waals surface area contributed by atoms with Crippen LogP contribution in [0.25, 0.3) is 21.5 Å². The van der Waals surface area contributed by atoms with E-state index in [0.29, 0.717) is 0 Å². The summed E-state index contributed by atoms with van der Waals surface area (Å²) in [6.07, 6.45) is 0. The Hall–Kier alpha value is -2.02. The van der Waals surface area contributed by atoms with Crippen molar-refractivity contribution in [2.24, 2.45) is 0 Å². The van der Waals surface area contributed by atoms with E-state index in [4.69, 9.17) is 0 Å². The number of hydrogen-bond acceptors (Lipinski definition) is 1. The average molecular weight is 220 g/mol. The van der Waals surface area contributed by atoms with Crippen LogP contribution in [-0.4, -0.2) is 14.1 Å². The lowest BCUT2D eigenvalue weighted by Crippen LogP contribution is -2.09. The summed E-state index contributed by atoms with van der Waals surface area (Å²) in [4.78, 5) is 2.18. The van der Waals surface area contributed by atoms with Gasteiger partial charge >= 0.3 is 0 Å². The van der Waals surface area contributed by atoms with Gasteiger partial charge in [-0.1, -0.05) is 42.5 Å². The van der Waals surface area contributed by atoms with E-state index in [2.05, 4.69) is 61.5 Å². The van der Waals surface area contributed by atoms with E-state index in [-0.39, 0.29) is 0 Å². The quantitative estimate of drug-likeness (QED) is 0.563. The van der Waals surface area contributed by atoms with Gasteiger partial charge in [0.15, 0.2) is 0 Å². The Kier molecular flexibility index (Phi) is 2.25. The molecule has 0 aliphatic heterocycles. The number of nitrogens with zero attached hydrogens (tertiary/aromatic N) is 1. The van der Waals surface area contributed by atoms with Crippen molar-refractivity contribution in [1.82, 2.24) is 0 Å². The first kappa shape index (κ1) is 10.2. The van der Waals surface area contributed by atoms with Gasteiger partial charge in [0.25, 0.3) is 0 Å². The van der Waals surface area contributed by atoms with Crippen molar-refractivity contribution in [2.75, 3.05) is 19.0 Å². The van der Waals surface area contributed by atoms with Gasteiger partial charge in [0, 0.05) is 24.9 Å². The molecule has 1 nitrogen and oxygen atoms in total. The third kappa shape index (κ3) is 1.55. The Labute approximate surface area is 101 Å². The molecule has 0 saturated heterocycles. The summed E-state index contributed by atoms with van der Waals surface area (Å²) in [5, 5.41) is 5.00. The number of anilines is 1. The zero-order valence-corrected chi connectivity index (χ0v) is 10.1. The van der Waals surface area contributed by atoms with Crippen molar-refractivity contribution >= 4 is 27.2 Å². The molecular weight excluding hydrogens is 206 g/mol. The first-order chi connectivity index (χ1) is 8.27. The molecule has 0 aliphatic carbocycles. The highest BCUT2D eigenvalue weighted by Gasteiger charge is 2.08. The Bertz CT molecular complexity index is 629. The zero-order chi connectivity index (χ0) is 11.8. The van der Waals surface area contributed by atoms with Gasteiger partial charge in [-0.25, -0.2) is 0 Å². The lowest BCUT2D eigenvalue weighted by Gasteiger charge is -2.18. The van der Waals surface area contributed by atoms with E-state index < -0.39 is 0 Å². The van der Waals surface area contributed by atoms with Gasteiger partial charge in [-0.3, -0.25) is 0 Å². The molecule has 0 aliphatic rings. The molecule has 0 spiro atoms. The van der Waals surface area contributed by atoms with Crippen molar-refractivity contribution in [3.05, 3.63) is 54.6 Å². The zero-order valence-electron chi connectivity index (χ0n) is 10.1. The predicted octanol–water partition coefficient (Wildman–Crippen LogP) is 3.86. The van der Waals surface area contributed by atoms with Crippen LogP contribution in [0.3, 0.4) is 0 Å². The van der Waals surface area contributed by atoms with Crippen LogP contribution in [0.1, 0.15) is 0 Å². The minimum atomic E-state index is 1.18. The van der Waals surface area contributed by atoms with E-state index in [9.17, 15) is 0 Å². The lowest BCUT2D eigenvalue weighted by atomic mass is 10.0. The third-order valence-corrected chi connectivity index (χ3v) is 3.11. The normalized spacial score (nSPS) is 10.9. The van der Waals surface area contributed by atoms with Gasteiger partial charge in [0.2, 0.25) is 0 Å². The molecule has 0 bridgehead atoms. The summed E-state index contributed by atoms with van der Waals surface area (Å²) < 4.78 is 0. The Morgan fingerprint density at radius 1 is 0.941 bits per heavy atom. The van der Waals surface area contributed by atoms with E-state index in [1.54, 1.807) is 0 Å². The Morgan fingerprint density at radius 2 is 1.71 bits per heavy atom. The maximum atomic E-state index is 3.31. The summed E-state index contributed by atoms with van der Waals surface area (Å²) in [7, 11) is 4.18. The van der Waals surface area contributed by atoms with E-state index in [1.165, 1.54) is 27.2 Å². The van der Waals surface area contributed by atoms with Gasteiger partial charge in [-0.05, 0) is 22.9 Å². The van der Waals surface area contributed by atoms with Crippen LogP contribution in [0.15, 0.2) is 48.5 Å². The molecule has 3 rings (SSSR count). The Balaban J connectivity index is 2.56. The average Bonchev–Trinajstić information content (AvgIpc) is 2.35. The van der Waals surface area contributed by atoms with Crippen LogP contribution in [0.4, 0.5) is 5.69 Å². The molecule has 3 aromatic carbocycles. The highest BCUT2D eigenvalue weighted by Crippen LogP contribution is 2.33. The second-order valence-corrected chi connectivity index (χ2v) is 4.47. The molecule has 0 unspecified atom stereocenters. The largest absolute Gasteiger partial charge is 0.377 e. The third-order valence-electron chi connectivity index (χ3n) is 3.11. The molecule has 1 radical (unpaired) electrons. The Morgan fingerprint density at radius 3 is 2.53 bits per heavy atom. The smallest absolute Gasteiger partial charge is 0.0520 e. The van der Waals surface area contributed by atoms with Gasteiger partial charge in [-0.15, -0.1) is 0 Å². The fraction of sp³-hybridized carbons (Fsp3) is 0.125. The topological polar surface area (TPSA) is 3.24 Å². The number of benzene rings is 3. The summed E-state index contributed by atoms with van der Waals surface area (Å²) >= 11 is 0. The fourth-order valence-corrected chi connectivity index (χ4v) is 2.40. The van der Waals surface area contributed by atoms with Crippen molar-refractivity contribution in [3.8, 4) is 0 Å². The fourth-order valence-electron chi connectivity index (χ4n) is 2.40. The van der Waals surface area contributed by atoms with Gasteiger partial charge in [0.05, 0.1) is 5.69 Å². The number of fused-ring (bicyclic) bond motifs is 2. The number of rotatable bonds is 1. The van der Waals surface area contributed by atoms with Crippen LogP contribution in [0.5, 0.6) is 0 Å². The molecule has 0 atom stereocenters. The monoisotopic (exact) mass is 220 g/mol. The molecular formula is C16H14N. The highest BCUT2D eigenvalue weighted by atomic mass is 15.1. The summed E-state index contributed by atoms with van der Waals surface area (Å²) in [6.45, 7) is 0. The molecule has 3 aromatic rings. The highest BCUT2D eigenvalue weighted by molar-refractivity contribution is 6.11. The summed E-state index contributed by atoms with van der Waals surface area (Å²) in [6, 6.07) is 20.2. The van der Waals surface area contributed by atoms with Crippen LogP contribution in [0, 0.1) is 6.07 Å². The van der Waals surface area contributed by atoms with E-state index >= 15 is 0 Å². The van der Waals surface area contributed by atoms with Crippen molar-refractivity contribution in [3.63, 3.8) is 0 Å². The molecule has 17 heavy (non-hydrogen) atoms. The van der Waals surface area contributed by atoms with Crippen LogP contribution >= 0.6 is 0 Å². The minimum Gasteiger partial charge on any atom is -0.377 e. The van der Waals surface area contributed by atoms with Gasteiger partial charge in [0.1, 0.15) is 0 Å². The lowest BCUT2D eigenvalue weighted by molar-refractivity contribution is 1.15. The predicted molar refractivity (Wildman–Crippen MR) is 74.6 cm³/mol. The van der Waals surface area contributed by atoms with Gasteiger partial charge in [-0.2, -0.15) is 0 Å². The molecule has 0 aromatic heterocycles. The molecule has 0 saturated carbocycles. The van der Waals surface area contributed by atoms with E-state index in [1.807, 2.05) is 12.1 Å². The van der Waals surface area contributed by atoms with Crippen LogP contribution in [0.2, 0.25) is 0 Å². The maximum absolute atomic E-state index is 3.31. The number of hydrogen-bond donors (Lipinski definition) is 0. The van der Waals surface area contributed by atoms with E-state index in [0.717, 1.165) is 0 Å². The maximum Gasteiger partial charge on any atom is 0.0520 e. The molecule has 1 heteroatoms. The molecule has 0 amide bonds. The van der Waals surface area contributed by atoms with Crippen LogP contribution in [-0.2, 0) is 0 Å². The first-order valence-electron chi connectivity index (χ1n) is 5.77. The van der Waals surface area contributed by atoms with Gasteiger partial charge < -0.3 is 4.90 Å². The first-order valence-corrected chi connectivity index (χ1v) is 5.77. The van der Waals surface area contributed by atoms with Crippen LogP contribution < -0.4 is 4.90 Å². The molecule has 0 heterocycles. The second-order valence-electron chi connectivity index (χ2n) is 4.47.